The van der Waals surface area contributed by atoms with Crippen LogP contribution < -0.4 is 10.1 Å². The second-order valence-electron chi connectivity index (χ2n) is 7.07. The van der Waals surface area contributed by atoms with E-state index in [0.29, 0.717) is 30.6 Å². The van der Waals surface area contributed by atoms with E-state index in [1.807, 2.05) is 30.3 Å². The monoisotopic (exact) mass is 381 g/mol. The van der Waals surface area contributed by atoms with E-state index in [2.05, 4.69) is 15.3 Å². The molecular weight excluding hydrogens is 357 g/mol. The van der Waals surface area contributed by atoms with Gasteiger partial charge in [0.05, 0.1) is 6.61 Å². The molecule has 1 fully saturated rings. The first-order chi connectivity index (χ1) is 13.8. The zero-order valence-corrected chi connectivity index (χ0v) is 15.7. The molecule has 2 aromatic carbocycles. The zero-order chi connectivity index (χ0) is 19.2. The molecule has 1 aliphatic rings. The molecule has 0 atom stereocenters. The normalized spacial score (nSPS) is 14.8. The molecule has 0 amide bonds. The van der Waals surface area contributed by atoms with Gasteiger partial charge in [-0.2, -0.15) is 0 Å². The van der Waals surface area contributed by atoms with Gasteiger partial charge in [-0.15, -0.1) is 0 Å². The number of anilines is 2. The van der Waals surface area contributed by atoms with Crippen molar-refractivity contribution in [2.24, 2.45) is 5.92 Å². The molecule has 0 saturated carbocycles. The van der Waals surface area contributed by atoms with Crippen LogP contribution in [0.3, 0.4) is 0 Å². The predicted octanol–water partition coefficient (Wildman–Crippen LogP) is 4.69. The van der Waals surface area contributed by atoms with Gasteiger partial charge in [0.25, 0.3) is 0 Å². The fourth-order valence-electron chi connectivity index (χ4n) is 3.30. The number of rotatable bonds is 7. The van der Waals surface area contributed by atoms with Gasteiger partial charge >= 0.3 is 0 Å². The summed E-state index contributed by atoms with van der Waals surface area (Å²) in [6.45, 7) is 2.08. The third kappa shape index (κ3) is 4.89. The predicted molar refractivity (Wildman–Crippen MR) is 107 cm³/mol. The molecule has 2 N–H and O–H groups in total. The Hall–Kier alpha value is -2.86. The highest BCUT2D eigenvalue weighted by atomic mass is 19.1. The maximum Gasteiger partial charge on any atom is 0.204 e. The lowest BCUT2D eigenvalue weighted by Gasteiger charge is -2.22. The number of nitrogens with one attached hydrogen (secondary N) is 2. The zero-order valence-electron chi connectivity index (χ0n) is 15.7. The van der Waals surface area contributed by atoms with Gasteiger partial charge in [-0.1, -0.05) is 18.2 Å². The van der Waals surface area contributed by atoms with Gasteiger partial charge in [-0.3, -0.25) is 0 Å². The summed E-state index contributed by atoms with van der Waals surface area (Å²) in [6.07, 6.45) is 6.08. The number of nitrogens with zero attached hydrogens (tertiary/aromatic N) is 1. The van der Waals surface area contributed by atoms with Gasteiger partial charge in [0.2, 0.25) is 5.95 Å². The van der Waals surface area contributed by atoms with Crippen molar-refractivity contribution >= 4 is 11.6 Å². The van der Waals surface area contributed by atoms with E-state index in [-0.39, 0.29) is 5.82 Å². The maximum absolute atomic E-state index is 14.4. The smallest absolute Gasteiger partial charge is 0.204 e. The summed E-state index contributed by atoms with van der Waals surface area (Å²) in [5.74, 6) is 1.17. The van der Waals surface area contributed by atoms with Crippen molar-refractivity contribution in [3.8, 4) is 5.75 Å². The minimum Gasteiger partial charge on any atom is -0.490 e. The minimum atomic E-state index is -0.305. The maximum atomic E-state index is 14.4. The van der Waals surface area contributed by atoms with Crippen LogP contribution in [-0.2, 0) is 11.2 Å². The van der Waals surface area contributed by atoms with Gasteiger partial charge in [-0.05, 0) is 60.6 Å². The molecule has 0 radical (unpaired) electrons. The van der Waals surface area contributed by atoms with E-state index < -0.39 is 0 Å². The summed E-state index contributed by atoms with van der Waals surface area (Å²) in [7, 11) is 0. The van der Waals surface area contributed by atoms with Gasteiger partial charge in [0.15, 0.2) is 11.6 Å². The van der Waals surface area contributed by atoms with Crippen LogP contribution in [0.2, 0.25) is 0 Å². The van der Waals surface area contributed by atoms with E-state index in [1.54, 1.807) is 24.5 Å². The quantitative estimate of drug-likeness (QED) is 0.623. The summed E-state index contributed by atoms with van der Waals surface area (Å²) >= 11 is 0. The van der Waals surface area contributed by atoms with E-state index in [0.717, 1.165) is 42.9 Å². The van der Waals surface area contributed by atoms with Crippen molar-refractivity contribution in [2.45, 2.75) is 19.3 Å². The van der Waals surface area contributed by atoms with Crippen LogP contribution in [0, 0.1) is 11.7 Å². The number of hydrogen-bond donors (Lipinski definition) is 2. The molecule has 6 heteroatoms. The number of imidazole rings is 1. The summed E-state index contributed by atoms with van der Waals surface area (Å²) < 4.78 is 25.5. The lowest BCUT2D eigenvalue weighted by Crippen LogP contribution is -2.21. The minimum absolute atomic E-state index is 0.305. The topological polar surface area (TPSA) is 59.2 Å². The summed E-state index contributed by atoms with van der Waals surface area (Å²) in [6, 6.07) is 13.2. The molecule has 2 heterocycles. The van der Waals surface area contributed by atoms with Crippen molar-refractivity contribution in [1.29, 1.82) is 0 Å². The Labute approximate surface area is 163 Å². The first-order valence-electron chi connectivity index (χ1n) is 9.60. The Bertz CT molecular complexity index is 875. The SMILES string of the molecule is Fc1cc(Cc2ccc(Nc3ncc[nH]3)cc2)ccc1OCC1CCOCC1. The summed E-state index contributed by atoms with van der Waals surface area (Å²) in [5.41, 5.74) is 2.98. The second-order valence-corrected chi connectivity index (χ2v) is 7.07. The van der Waals surface area contributed by atoms with Crippen LogP contribution in [0.4, 0.5) is 16.0 Å². The van der Waals surface area contributed by atoms with Crippen LogP contribution in [0.1, 0.15) is 24.0 Å². The van der Waals surface area contributed by atoms with Gasteiger partial charge < -0.3 is 19.8 Å². The molecular formula is C22H24FN3O2. The van der Waals surface area contributed by atoms with Crippen molar-refractivity contribution in [1.82, 2.24) is 9.97 Å². The highest BCUT2D eigenvalue weighted by molar-refractivity contribution is 5.53. The number of halogens is 1. The number of benzene rings is 2. The van der Waals surface area contributed by atoms with Crippen molar-refractivity contribution < 1.29 is 13.9 Å². The largest absolute Gasteiger partial charge is 0.490 e. The first kappa shape index (κ1) is 18.5. The Kier molecular flexibility index (Phi) is 5.87. The first-order valence-corrected chi connectivity index (χ1v) is 9.60. The van der Waals surface area contributed by atoms with Crippen molar-refractivity contribution in [3.05, 3.63) is 71.8 Å². The number of ether oxygens (including phenoxy) is 2. The molecule has 1 saturated heterocycles. The molecule has 3 aromatic rings. The number of H-pyrrole nitrogens is 1. The average molecular weight is 381 g/mol. The van der Waals surface area contributed by atoms with E-state index in [1.165, 1.54) is 0 Å². The van der Waals surface area contributed by atoms with Crippen LogP contribution in [0.15, 0.2) is 54.9 Å². The van der Waals surface area contributed by atoms with E-state index in [4.69, 9.17) is 9.47 Å². The van der Waals surface area contributed by atoms with Gasteiger partial charge in [0, 0.05) is 31.3 Å². The fourth-order valence-corrected chi connectivity index (χ4v) is 3.30. The molecule has 1 aliphatic heterocycles. The van der Waals surface area contributed by atoms with E-state index >= 15 is 0 Å². The number of hydrogen-bond acceptors (Lipinski definition) is 4. The Morgan fingerprint density at radius 3 is 2.61 bits per heavy atom. The molecule has 146 valence electrons. The lowest BCUT2D eigenvalue weighted by atomic mass is 10.0. The average Bonchev–Trinajstić information content (AvgIpc) is 3.23. The highest BCUT2D eigenvalue weighted by Crippen LogP contribution is 2.23. The highest BCUT2D eigenvalue weighted by Gasteiger charge is 2.15. The fraction of sp³-hybridized carbons (Fsp3) is 0.318. The molecule has 0 spiro atoms. The van der Waals surface area contributed by atoms with E-state index in [9.17, 15) is 4.39 Å². The molecule has 1 aromatic heterocycles. The van der Waals surface area contributed by atoms with Gasteiger partial charge in [0.1, 0.15) is 0 Å². The lowest BCUT2D eigenvalue weighted by molar-refractivity contribution is 0.0491. The van der Waals surface area contributed by atoms with Crippen LogP contribution in [0.25, 0.3) is 0 Å². The summed E-state index contributed by atoms with van der Waals surface area (Å²) in [5, 5.41) is 3.18. The Morgan fingerprint density at radius 1 is 1.11 bits per heavy atom. The third-order valence-electron chi connectivity index (χ3n) is 4.93. The third-order valence-corrected chi connectivity index (χ3v) is 4.93. The number of aromatic amines is 1. The van der Waals surface area contributed by atoms with Crippen LogP contribution in [0.5, 0.6) is 5.75 Å². The Morgan fingerprint density at radius 2 is 1.89 bits per heavy atom. The molecule has 28 heavy (non-hydrogen) atoms. The second kappa shape index (κ2) is 8.89. The standard InChI is InChI=1S/C22H24FN3O2/c23-20-14-18(3-6-21(20)28-15-17-7-11-27-12-8-17)13-16-1-4-19(5-2-16)26-22-24-9-10-25-22/h1-6,9-10,14,17H,7-8,11-13,15H2,(H2,24,25,26). The number of aromatic nitrogens is 2. The van der Waals surface area contributed by atoms with Crippen LogP contribution >= 0.6 is 0 Å². The van der Waals surface area contributed by atoms with Crippen molar-refractivity contribution in [3.63, 3.8) is 0 Å². The van der Waals surface area contributed by atoms with Gasteiger partial charge in [-0.25, -0.2) is 9.37 Å². The summed E-state index contributed by atoms with van der Waals surface area (Å²) in [4.78, 5) is 7.14. The molecule has 0 unspecified atom stereocenters. The Balaban J connectivity index is 1.33. The van der Waals surface area contributed by atoms with Crippen molar-refractivity contribution in [2.75, 3.05) is 25.1 Å². The molecule has 4 rings (SSSR count). The molecule has 0 aliphatic carbocycles. The molecule has 5 nitrogen and oxygen atoms in total. The van der Waals surface area contributed by atoms with Crippen LogP contribution in [-0.4, -0.2) is 29.8 Å². The molecule has 0 bridgehead atoms.